The van der Waals surface area contributed by atoms with Crippen molar-refractivity contribution >= 4 is 11.7 Å². The molecule has 0 atom stereocenters. The van der Waals surface area contributed by atoms with E-state index in [2.05, 4.69) is 25.6 Å². The van der Waals surface area contributed by atoms with Gasteiger partial charge in [-0.1, -0.05) is 0 Å². The molecule has 2 aromatic rings. The molecular formula is C16H22N6O2. The number of nitrogens with one attached hydrogen (secondary N) is 2. The van der Waals surface area contributed by atoms with Gasteiger partial charge in [0, 0.05) is 25.3 Å². The predicted molar refractivity (Wildman–Crippen MR) is 90.3 cm³/mol. The second-order valence-corrected chi connectivity index (χ2v) is 5.58. The average molecular weight is 330 g/mol. The lowest BCUT2D eigenvalue weighted by Gasteiger charge is -2.26. The summed E-state index contributed by atoms with van der Waals surface area (Å²) in [6.07, 6.45) is 4.04. The molecule has 8 nitrogen and oxygen atoms in total. The maximum atomic E-state index is 11.9. The summed E-state index contributed by atoms with van der Waals surface area (Å²) in [4.78, 5) is 18.2. The Morgan fingerprint density at radius 3 is 2.71 bits per heavy atom. The number of ether oxygens (including phenoxy) is 1. The van der Waals surface area contributed by atoms with Gasteiger partial charge in [-0.05, 0) is 37.2 Å². The Balaban J connectivity index is 1.37. The molecule has 0 saturated carbocycles. The molecule has 1 saturated heterocycles. The molecule has 1 fully saturated rings. The lowest BCUT2D eigenvalue weighted by Crippen LogP contribution is -2.38. The van der Waals surface area contributed by atoms with Gasteiger partial charge in [-0.2, -0.15) is 5.10 Å². The Morgan fingerprint density at radius 2 is 2.00 bits per heavy atom. The van der Waals surface area contributed by atoms with Crippen LogP contribution in [0.2, 0.25) is 0 Å². The molecule has 0 unspecified atom stereocenters. The van der Waals surface area contributed by atoms with Crippen LogP contribution in [0.3, 0.4) is 0 Å². The van der Waals surface area contributed by atoms with Crippen LogP contribution in [-0.2, 0) is 4.74 Å². The SMILES string of the molecule is O=C(NCCCN1CCOCC1)Nc1ccc(-n2cncn2)cc1. The van der Waals surface area contributed by atoms with Crippen LogP contribution in [-0.4, -0.2) is 65.1 Å². The van der Waals surface area contributed by atoms with E-state index in [4.69, 9.17) is 4.74 Å². The molecule has 0 radical (unpaired) electrons. The maximum Gasteiger partial charge on any atom is 0.319 e. The fourth-order valence-corrected chi connectivity index (χ4v) is 2.54. The van der Waals surface area contributed by atoms with E-state index < -0.39 is 0 Å². The molecule has 1 aliphatic rings. The van der Waals surface area contributed by atoms with Crippen molar-refractivity contribution in [2.75, 3.05) is 44.7 Å². The summed E-state index contributed by atoms with van der Waals surface area (Å²) in [5.41, 5.74) is 1.63. The highest BCUT2D eigenvalue weighted by molar-refractivity contribution is 5.89. The summed E-state index contributed by atoms with van der Waals surface area (Å²) < 4.78 is 6.97. The van der Waals surface area contributed by atoms with Gasteiger partial charge in [0.1, 0.15) is 12.7 Å². The van der Waals surface area contributed by atoms with E-state index in [0.717, 1.165) is 50.6 Å². The number of aromatic nitrogens is 3. The van der Waals surface area contributed by atoms with Crippen molar-refractivity contribution in [1.29, 1.82) is 0 Å². The van der Waals surface area contributed by atoms with E-state index in [0.29, 0.717) is 6.54 Å². The summed E-state index contributed by atoms with van der Waals surface area (Å²) >= 11 is 0. The van der Waals surface area contributed by atoms with Crippen molar-refractivity contribution in [2.45, 2.75) is 6.42 Å². The van der Waals surface area contributed by atoms with Gasteiger partial charge >= 0.3 is 6.03 Å². The number of hydrogen-bond acceptors (Lipinski definition) is 5. The van der Waals surface area contributed by atoms with Crippen LogP contribution in [0, 0.1) is 0 Å². The van der Waals surface area contributed by atoms with Gasteiger partial charge in [0.2, 0.25) is 0 Å². The zero-order valence-corrected chi connectivity index (χ0v) is 13.5. The number of carbonyl (C=O) groups is 1. The minimum Gasteiger partial charge on any atom is -0.379 e. The summed E-state index contributed by atoms with van der Waals surface area (Å²) in [5.74, 6) is 0. The van der Waals surface area contributed by atoms with Crippen molar-refractivity contribution in [3.05, 3.63) is 36.9 Å². The molecule has 1 aromatic heterocycles. The van der Waals surface area contributed by atoms with Gasteiger partial charge in [0.25, 0.3) is 0 Å². The van der Waals surface area contributed by atoms with Gasteiger partial charge in [-0.25, -0.2) is 14.5 Å². The molecule has 24 heavy (non-hydrogen) atoms. The Kier molecular flexibility index (Phi) is 5.75. The summed E-state index contributed by atoms with van der Waals surface area (Å²) in [6, 6.07) is 7.24. The largest absolute Gasteiger partial charge is 0.379 e. The highest BCUT2D eigenvalue weighted by atomic mass is 16.5. The number of nitrogens with zero attached hydrogens (tertiary/aromatic N) is 4. The van der Waals surface area contributed by atoms with Crippen LogP contribution >= 0.6 is 0 Å². The zero-order chi connectivity index (χ0) is 16.6. The van der Waals surface area contributed by atoms with Gasteiger partial charge in [0.15, 0.2) is 0 Å². The minimum atomic E-state index is -0.189. The molecule has 1 aromatic carbocycles. The Labute approximate surface area is 140 Å². The first-order chi connectivity index (χ1) is 11.8. The van der Waals surface area contributed by atoms with Crippen molar-refractivity contribution in [3.63, 3.8) is 0 Å². The van der Waals surface area contributed by atoms with E-state index in [1.165, 1.54) is 6.33 Å². The molecule has 3 rings (SSSR count). The van der Waals surface area contributed by atoms with Crippen LogP contribution in [0.1, 0.15) is 6.42 Å². The molecule has 0 aliphatic carbocycles. The smallest absolute Gasteiger partial charge is 0.319 e. The number of amides is 2. The molecule has 2 N–H and O–H groups in total. The van der Waals surface area contributed by atoms with E-state index >= 15 is 0 Å². The average Bonchev–Trinajstić information content (AvgIpc) is 3.15. The molecule has 2 amide bonds. The highest BCUT2D eigenvalue weighted by Crippen LogP contribution is 2.11. The van der Waals surface area contributed by atoms with Crippen LogP contribution in [0.4, 0.5) is 10.5 Å². The molecule has 0 bridgehead atoms. The molecule has 8 heteroatoms. The number of anilines is 1. The third-order valence-electron chi connectivity index (χ3n) is 3.85. The number of morpholine rings is 1. The van der Waals surface area contributed by atoms with Crippen molar-refractivity contribution in [1.82, 2.24) is 25.0 Å². The maximum absolute atomic E-state index is 11.9. The summed E-state index contributed by atoms with van der Waals surface area (Å²) in [5, 5.41) is 9.76. The first-order valence-electron chi connectivity index (χ1n) is 8.11. The minimum absolute atomic E-state index is 0.189. The Bertz CT molecular complexity index is 623. The number of carbonyl (C=O) groups excluding carboxylic acids is 1. The van der Waals surface area contributed by atoms with Crippen LogP contribution in [0.5, 0.6) is 0 Å². The van der Waals surface area contributed by atoms with Crippen molar-refractivity contribution < 1.29 is 9.53 Å². The number of hydrogen-bond donors (Lipinski definition) is 2. The zero-order valence-electron chi connectivity index (χ0n) is 13.5. The molecule has 0 spiro atoms. The second-order valence-electron chi connectivity index (χ2n) is 5.58. The number of urea groups is 1. The monoisotopic (exact) mass is 330 g/mol. The third-order valence-corrected chi connectivity index (χ3v) is 3.85. The van der Waals surface area contributed by atoms with Crippen molar-refractivity contribution in [3.8, 4) is 5.69 Å². The molecule has 2 heterocycles. The first-order valence-corrected chi connectivity index (χ1v) is 8.11. The summed E-state index contributed by atoms with van der Waals surface area (Å²) in [7, 11) is 0. The number of benzene rings is 1. The summed E-state index contributed by atoms with van der Waals surface area (Å²) in [6.45, 7) is 5.20. The normalized spacial score (nSPS) is 15.2. The topological polar surface area (TPSA) is 84.3 Å². The fraction of sp³-hybridized carbons (Fsp3) is 0.438. The van der Waals surface area contributed by atoms with Gasteiger partial charge in [-0.3, -0.25) is 4.90 Å². The van der Waals surface area contributed by atoms with Gasteiger partial charge < -0.3 is 15.4 Å². The first kappa shape index (κ1) is 16.4. The number of rotatable bonds is 6. The van der Waals surface area contributed by atoms with Crippen LogP contribution in [0.25, 0.3) is 5.69 Å². The van der Waals surface area contributed by atoms with Crippen LogP contribution in [0.15, 0.2) is 36.9 Å². The van der Waals surface area contributed by atoms with E-state index in [1.807, 2.05) is 24.3 Å². The van der Waals surface area contributed by atoms with E-state index in [9.17, 15) is 4.79 Å². The lowest BCUT2D eigenvalue weighted by molar-refractivity contribution is 0.0375. The van der Waals surface area contributed by atoms with Gasteiger partial charge in [-0.15, -0.1) is 0 Å². The standard InChI is InChI=1S/C16H22N6O2/c23-16(18-6-1-7-21-8-10-24-11-9-21)20-14-2-4-15(5-3-14)22-13-17-12-19-22/h2-5,12-13H,1,6-11H2,(H2,18,20,23). The Morgan fingerprint density at radius 1 is 1.21 bits per heavy atom. The van der Waals surface area contributed by atoms with E-state index in [-0.39, 0.29) is 6.03 Å². The van der Waals surface area contributed by atoms with Crippen LogP contribution < -0.4 is 10.6 Å². The van der Waals surface area contributed by atoms with Crippen molar-refractivity contribution in [2.24, 2.45) is 0 Å². The molecule has 1 aliphatic heterocycles. The van der Waals surface area contributed by atoms with Gasteiger partial charge in [0.05, 0.1) is 18.9 Å². The lowest BCUT2D eigenvalue weighted by atomic mass is 10.3. The highest BCUT2D eigenvalue weighted by Gasteiger charge is 2.09. The quantitative estimate of drug-likeness (QED) is 0.775. The second kappa shape index (κ2) is 8.42. The predicted octanol–water partition coefficient (Wildman–Crippen LogP) is 1.11. The Hall–Kier alpha value is -2.45. The fourth-order valence-electron chi connectivity index (χ4n) is 2.54. The third kappa shape index (κ3) is 4.77. The molecule has 128 valence electrons. The van der Waals surface area contributed by atoms with E-state index in [1.54, 1.807) is 11.0 Å². The molecular weight excluding hydrogens is 308 g/mol.